The van der Waals surface area contributed by atoms with Gasteiger partial charge in [-0.3, -0.25) is 4.79 Å². The van der Waals surface area contributed by atoms with Crippen LogP contribution in [0.5, 0.6) is 0 Å². The smallest absolute Gasteiger partial charge is 0.228 e. The van der Waals surface area contributed by atoms with Crippen molar-refractivity contribution in [1.29, 1.82) is 0 Å². The van der Waals surface area contributed by atoms with Crippen molar-refractivity contribution in [2.45, 2.75) is 76.3 Å². The van der Waals surface area contributed by atoms with Gasteiger partial charge in [-0.2, -0.15) is 0 Å². The number of ketones is 1. The molecule has 0 bridgehead atoms. The van der Waals surface area contributed by atoms with E-state index in [4.69, 9.17) is 9.47 Å². The predicted molar refractivity (Wildman–Crippen MR) is 97.8 cm³/mol. The highest BCUT2D eigenvalue weighted by Gasteiger charge is 2.47. The Kier molecular flexibility index (Phi) is 6.01. The lowest BCUT2D eigenvalue weighted by molar-refractivity contribution is -0.293. The van der Waals surface area contributed by atoms with E-state index in [0.717, 1.165) is 18.4 Å². The molecule has 158 valence electrons. The molecule has 0 unspecified atom stereocenters. The number of aliphatic hydroxyl groups is 5. The molecule has 28 heavy (non-hydrogen) atoms. The summed E-state index contributed by atoms with van der Waals surface area (Å²) in [5.41, 5.74) is 1.35. The van der Waals surface area contributed by atoms with Crippen molar-refractivity contribution in [3.8, 4) is 0 Å². The van der Waals surface area contributed by atoms with E-state index >= 15 is 0 Å². The van der Waals surface area contributed by atoms with Crippen molar-refractivity contribution < 1.29 is 39.8 Å². The molecule has 3 rings (SSSR count). The third-order valence-corrected chi connectivity index (χ3v) is 6.56. The van der Waals surface area contributed by atoms with Gasteiger partial charge in [0.05, 0.1) is 12.4 Å². The highest BCUT2D eigenvalue weighted by molar-refractivity contribution is 6.00. The van der Waals surface area contributed by atoms with E-state index in [2.05, 4.69) is 13.5 Å². The fourth-order valence-corrected chi connectivity index (χ4v) is 4.67. The molecule has 0 spiro atoms. The summed E-state index contributed by atoms with van der Waals surface area (Å²) < 4.78 is 11.1. The number of Topliss-reactive ketones (excluding diaryl/α,β-unsaturated/α-hetero) is 1. The van der Waals surface area contributed by atoms with Gasteiger partial charge < -0.3 is 35.0 Å². The van der Waals surface area contributed by atoms with Crippen LogP contribution >= 0.6 is 0 Å². The molecule has 0 amide bonds. The van der Waals surface area contributed by atoms with E-state index < -0.39 is 43.4 Å². The average molecular weight is 398 g/mol. The molecule has 3 aliphatic rings. The molecular formula is C20H30O8. The van der Waals surface area contributed by atoms with Gasteiger partial charge in [-0.1, -0.05) is 19.1 Å². The van der Waals surface area contributed by atoms with Crippen molar-refractivity contribution in [3.05, 3.63) is 23.5 Å². The zero-order chi connectivity index (χ0) is 20.8. The van der Waals surface area contributed by atoms with Gasteiger partial charge in [0, 0.05) is 5.92 Å². The van der Waals surface area contributed by atoms with Crippen LogP contribution in [-0.2, 0) is 14.3 Å². The number of rotatable bonds is 4. The molecule has 1 saturated carbocycles. The number of fused-ring (bicyclic) bond motifs is 1. The monoisotopic (exact) mass is 398 g/mol. The molecule has 8 heteroatoms. The van der Waals surface area contributed by atoms with Crippen molar-refractivity contribution >= 4 is 5.78 Å². The molecule has 2 aliphatic carbocycles. The lowest BCUT2D eigenvalue weighted by Gasteiger charge is -2.46. The van der Waals surface area contributed by atoms with Crippen LogP contribution in [0.1, 0.15) is 39.5 Å². The van der Waals surface area contributed by atoms with Gasteiger partial charge in [-0.25, -0.2) is 0 Å². The van der Waals surface area contributed by atoms with Crippen molar-refractivity contribution in [3.63, 3.8) is 0 Å². The zero-order valence-corrected chi connectivity index (χ0v) is 16.2. The topological polar surface area (TPSA) is 137 Å². The Morgan fingerprint density at radius 3 is 2.57 bits per heavy atom. The maximum atomic E-state index is 12.2. The number of aliphatic hydroxyl groups excluding tert-OH is 5. The molecule has 2 fully saturated rings. The number of ether oxygens (including phenoxy) is 2. The van der Waals surface area contributed by atoms with E-state index in [-0.39, 0.29) is 17.1 Å². The first-order chi connectivity index (χ1) is 13.1. The molecule has 8 nitrogen and oxygen atoms in total. The molecule has 5 N–H and O–H groups in total. The number of carbonyl (C=O) groups is 1. The molecule has 1 heterocycles. The normalized spacial score (nSPS) is 44.2. The van der Waals surface area contributed by atoms with Crippen molar-refractivity contribution in [2.75, 3.05) is 6.61 Å². The minimum absolute atomic E-state index is 0.117. The Morgan fingerprint density at radius 2 is 1.93 bits per heavy atom. The Morgan fingerprint density at radius 1 is 1.25 bits per heavy atom. The zero-order valence-electron chi connectivity index (χ0n) is 16.2. The molecule has 1 aliphatic heterocycles. The molecular weight excluding hydrogens is 368 g/mol. The molecule has 0 aromatic carbocycles. The SMILES string of the molecule is C=C(O[C@@H]1O[C@H](CO)[C@@H](O)[C@H](O)[C@H]1O)[C@@H]1CC[C@@]2(C)C[C@H](O)C(=O)C(C)=C2C1. The average Bonchev–Trinajstić information content (AvgIpc) is 2.66. The van der Waals surface area contributed by atoms with Gasteiger partial charge in [0.25, 0.3) is 0 Å². The van der Waals surface area contributed by atoms with E-state index in [0.29, 0.717) is 24.2 Å². The fraction of sp³-hybridized carbons (Fsp3) is 0.750. The Labute approximate surface area is 164 Å². The summed E-state index contributed by atoms with van der Waals surface area (Å²) in [7, 11) is 0. The largest absolute Gasteiger partial charge is 0.467 e. The fourth-order valence-electron chi connectivity index (χ4n) is 4.67. The van der Waals surface area contributed by atoms with Gasteiger partial charge >= 0.3 is 0 Å². The van der Waals surface area contributed by atoms with Crippen LogP contribution in [0, 0.1) is 11.3 Å². The number of carbonyl (C=O) groups excluding carboxylic acids is 1. The van der Waals surface area contributed by atoms with Crippen molar-refractivity contribution in [2.24, 2.45) is 11.3 Å². The minimum Gasteiger partial charge on any atom is -0.467 e. The predicted octanol–water partition coefficient (Wildman–Crippen LogP) is -0.227. The lowest BCUT2D eigenvalue weighted by Crippen LogP contribution is -2.59. The number of hydrogen-bond acceptors (Lipinski definition) is 8. The molecule has 0 aromatic heterocycles. The van der Waals surface area contributed by atoms with Gasteiger partial charge in [0.1, 0.15) is 30.5 Å². The minimum atomic E-state index is -1.51. The summed E-state index contributed by atoms with van der Waals surface area (Å²) in [6.07, 6.45) is -5.28. The van der Waals surface area contributed by atoms with Crippen LogP contribution in [0.3, 0.4) is 0 Å². The number of hydrogen-bond donors (Lipinski definition) is 5. The summed E-state index contributed by atoms with van der Waals surface area (Å²) in [5.74, 6) is -0.00715. The van der Waals surface area contributed by atoms with E-state index in [1.54, 1.807) is 6.92 Å². The van der Waals surface area contributed by atoms with Crippen LogP contribution in [0.15, 0.2) is 23.5 Å². The summed E-state index contributed by atoms with van der Waals surface area (Å²) in [4.78, 5) is 12.2. The summed E-state index contributed by atoms with van der Waals surface area (Å²) in [6, 6.07) is 0. The van der Waals surface area contributed by atoms with Gasteiger partial charge in [-0.05, 0) is 43.6 Å². The van der Waals surface area contributed by atoms with Crippen molar-refractivity contribution in [1.82, 2.24) is 0 Å². The maximum absolute atomic E-state index is 12.2. The molecule has 0 radical (unpaired) electrons. The van der Waals surface area contributed by atoms with E-state index in [1.807, 2.05) is 0 Å². The third kappa shape index (κ3) is 3.65. The van der Waals surface area contributed by atoms with Gasteiger partial charge in [-0.15, -0.1) is 0 Å². The van der Waals surface area contributed by atoms with Crippen LogP contribution in [0.2, 0.25) is 0 Å². The first-order valence-corrected chi connectivity index (χ1v) is 9.67. The Bertz CT molecular complexity index is 671. The highest BCUT2D eigenvalue weighted by Crippen LogP contribution is 2.51. The second-order valence-electron chi connectivity index (χ2n) is 8.47. The van der Waals surface area contributed by atoms with Gasteiger partial charge in [0.15, 0.2) is 5.78 Å². The van der Waals surface area contributed by atoms with E-state index in [9.17, 15) is 30.3 Å². The second-order valence-corrected chi connectivity index (χ2v) is 8.47. The van der Waals surface area contributed by atoms with Gasteiger partial charge in [0.2, 0.25) is 6.29 Å². The Balaban J connectivity index is 1.71. The first kappa shape index (κ1) is 21.4. The van der Waals surface area contributed by atoms with Crippen LogP contribution < -0.4 is 0 Å². The standard InChI is InChI=1S/C20H30O8/c1-9-12-6-11(4-5-20(12,3)7-13(22)15(9)23)10(2)27-19-18(26)17(25)16(24)14(8-21)28-19/h11,13-14,16-19,21-22,24-26H,2,4-8H2,1,3H3/t11-,13+,14-,16-,17+,18-,19-,20+/m1/s1. The molecule has 8 atom stereocenters. The second kappa shape index (κ2) is 7.85. The summed E-state index contributed by atoms with van der Waals surface area (Å²) in [5, 5.41) is 49.2. The number of allylic oxidation sites excluding steroid dienone is 2. The summed E-state index contributed by atoms with van der Waals surface area (Å²) >= 11 is 0. The first-order valence-electron chi connectivity index (χ1n) is 9.67. The summed E-state index contributed by atoms with van der Waals surface area (Å²) in [6.45, 7) is 7.20. The van der Waals surface area contributed by atoms with Crippen LogP contribution in [0.25, 0.3) is 0 Å². The highest BCUT2D eigenvalue weighted by atomic mass is 16.7. The third-order valence-electron chi connectivity index (χ3n) is 6.56. The van der Waals surface area contributed by atoms with Crippen LogP contribution in [-0.4, -0.2) is 74.7 Å². The van der Waals surface area contributed by atoms with E-state index in [1.165, 1.54) is 0 Å². The quantitative estimate of drug-likeness (QED) is 0.410. The lowest BCUT2D eigenvalue weighted by atomic mass is 9.60. The molecule has 1 saturated heterocycles. The maximum Gasteiger partial charge on any atom is 0.228 e. The van der Waals surface area contributed by atoms with Crippen LogP contribution in [0.4, 0.5) is 0 Å². The Hall–Kier alpha value is -1.29. The molecule has 0 aromatic rings.